The Kier molecular flexibility index (Phi) is 8.75. The second-order valence-electron chi connectivity index (χ2n) is 11.0. The van der Waals surface area contributed by atoms with E-state index in [-0.39, 0.29) is 11.5 Å². The molecule has 8 heteroatoms. The summed E-state index contributed by atoms with van der Waals surface area (Å²) in [6.07, 6.45) is 8.27. The van der Waals surface area contributed by atoms with Crippen LogP contribution in [0.15, 0.2) is 62.6 Å². The monoisotopic (exact) mass is 543 g/mol. The van der Waals surface area contributed by atoms with E-state index in [0.29, 0.717) is 30.2 Å². The van der Waals surface area contributed by atoms with Crippen LogP contribution in [0.1, 0.15) is 74.5 Å². The first-order valence-electron chi connectivity index (χ1n) is 14.5. The second-order valence-corrected chi connectivity index (χ2v) is 11.0. The summed E-state index contributed by atoms with van der Waals surface area (Å²) in [5.74, 6) is 0.890. The van der Waals surface area contributed by atoms with E-state index in [1.807, 2.05) is 55.5 Å². The molecule has 0 spiro atoms. The summed E-state index contributed by atoms with van der Waals surface area (Å²) in [5.41, 5.74) is 5.31. The number of nitrogens with zero attached hydrogens (tertiary/aromatic N) is 2. The van der Waals surface area contributed by atoms with Crippen molar-refractivity contribution in [2.75, 3.05) is 0 Å². The van der Waals surface area contributed by atoms with Crippen molar-refractivity contribution < 1.29 is 14.8 Å². The molecule has 1 saturated carbocycles. The van der Waals surface area contributed by atoms with Crippen molar-refractivity contribution in [1.29, 1.82) is 0 Å². The lowest BCUT2D eigenvalue weighted by atomic mass is 9.85. The van der Waals surface area contributed by atoms with Gasteiger partial charge in [0.2, 0.25) is 0 Å². The van der Waals surface area contributed by atoms with Crippen LogP contribution >= 0.6 is 0 Å². The van der Waals surface area contributed by atoms with Gasteiger partial charge in [-0.25, -0.2) is 9.51 Å². The number of aliphatic hydroxyl groups excluding tert-OH is 1. The zero-order chi connectivity index (χ0) is 28.1. The predicted molar refractivity (Wildman–Crippen MR) is 154 cm³/mol. The molecule has 2 aromatic carbocycles. The van der Waals surface area contributed by atoms with E-state index >= 15 is 0 Å². The Labute approximate surface area is 234 Å². The molecule has 0 saturated heterocycles. The van der Waals surface area contributed by atoms with Gasteiger partial charge in [0.05, 0.1) is 23.9 Å². The van der Waals surface area contributed by atoms with Gasteiger partial charge in [0, 0.05) is 12.0 Å². The van der Waals surface area contributed by atoms with Crippen LogP contribution in [0.2, 0.25) is 0 Å². The maximum atomic E-state index is 13.9. The van der Waals surface area contributed by atoms with Crippen molar-refractivity contribution in [3.05, 3.63) is 92.1 Å². The molecule has 40 heavy (non-hydrogen) atoms. The van der Waals surface area contributed by atoms with Crippen molar-refractivity contribution in [2.45, 2.75) is 84.3 Å². The molecule has 1 fully saturated rings. The number of aromatic amines is 2. The molecule has 5 rings (SSSR count). The first-order chi connectivity index (χ1) is 19.4. The maximum Gasteiger partial charge on any atom is 0.547 e. The molecular formula is C32H39N4O4+. The summed E-state index contributed by atoms with van der Waals surface area (Å²) in [5, 5.41) is 13.6. The molecule has 0 aliphatic heterocycles. The van der Waals surface area contributed by atoms with Gasteiger partial charge < -0.3 is 5.11 Å². The standard InChI is InChI=1S/C32H38N4O4/c1-3-4-14-28-27(31(38)36(21(2)33-28)20-29(37)24-10-6-5-7-11-24)19-22-15-17-23(18-16-22)25-12-8-9-13-26(25)30-34-32(39)40-35-30/h8-9,12-13,15-18,24,29,37H,3-7,10-11,14,19-20H2,1-2H3,(H,34,35,39)/p+1. The minimum absolute atomic E-state index is 0.0395. The Balaban J connectivity index is 1.43. The van der Waals surface area contributed by atoms with E-state index < -0.39 is 11.9 Å². The molecule has 8 nitrogen and oxygen atoms in total. The number of unbranched alkanes of at least 4 members (excludes halogenated alkanes) is 1. The average Bonchev–Trinajstić information content (AvgIpc) is 3.42. The van der Waals surface area contributed by atoms with Crippen LogP contribution in [0, 0.1) is 12.8 Å². The van der Waals surface area contributed by atoms with Crippen LogP contribution in [0.3, 0.4) is 0 Å². The normalized spacial score (nSPS) is 14.9. The zero-order valence-electron chi connectivity index (χ0n) is 23.4. The van der Waals surface area contributed by atoms with Crippen LogP contribution < -0.4 is 16.5 Å². The van der Waals surface area contributed by atoms with E-state index in [0.717, 1.165) is 72.9 Å². The molecule has 0 amide bonds. The zero-order valence-corrected chi connectivity index (χ0v) is 23.4. The van der Waals surface area contributed by atoms with Crippen molar-refractivity contribution in [2.24, 2.45) is 5.92 Å². The van der Waals surface area contributed by atoms with Crippen molar-refractivity contribution in [3.8, 4) is 22.5 Å². The number of aliphatic hydroxyl groups is 1. The number of rotatable bonds is 10. The predicted octanol–water partition coefficient (Wildman–Crippen LogP) is 4.86. The molecule has 2 aromatic heterocycles. The van der Waals surface area contributed by atoms with E-state index in [2.05, 4.69) is 17.1 Å². The minimum atomic E-state index is -0.539. The smallest absolute Gasteiger partial charge is 0.391 e. The van der Waals surface area contributed by atoms with Gasteiger partial charge in [-0.2, -0.15) is 9.78 Å². The van der Waals surface area contributed by atoms with Gasteiger partial charge in [-0.3, -0.25) is 9.36 Å². The Morgan fingerprint density at radius 1 is 1.07 bits per heavy atom. The number of benzene rings is 2. The summed E-state index contributed by atoms with van der Waals surface area (Å²) < 4.78 is 6.52. The lowest BCUT2D eigenvalue weighted by Gasteiger charge is -2.27. The molecular weight excluding hydrogens is 504 g/mol. The summed E-state index contributed by atoms with van der Waals surface area (Å²) >= 11 is 0. The van der Waals surface area contributed by atoms with Crippen molar-refractivity contribution >= 4 is 0 Å². The quantitative estimate of drug-likeness (QED) is 0.297. The van der Waals surface area contributed by atoms with Gasteiger partial charge in [0.25, 0.3) is 5.56 Å². The van der Waals surface area contributed by atoms with Crippen LogP contribution in [-0.4, -0.2) is 25.7 Å². The van der Waals surface area contributed by atoms with Gasteiger partial charge in [0.1, 0.15) is 5.82 Å². The third-order valence-electron chi connectivity index (χ3n) is 8.18. The number of aromatic nitrogens is 4. The summed E-state index contributed by atoms with van der Waals surface area (Å²) in [6.45, 7) is 4.32. The molecule has 1 aliphatic rings. The Morgan fingerprint density at radius 2 is 1.80 bits per heavy atom. The number of hydrogen-bond donors (Lipinski definition) is 2. The Bertz CT molecular complexity index is 1540. The largest absolute Gasteiger partial charge is 0.547 e. The van der Waals surface area contributed by atoms with Gasteiger partial charge in [-0.15, -0.1) is 0 Å². The topological polar surface area (TPSA) is 115 Å². The highest BCUT2D eigenvalue weighted by molar-refractivity contribution is 5.79. The van der Waals surface area contributed by atoms with Crippen LogP contribution in [-0.2, 0) is 19.4 Å². The van der Waals surface area contributed by atoms with Crippen LogP contribution in [0.25, 0.3) is 22.5 Å². The van der Waals surface area contributed by atoms with Crippen molar-refractivity contribution in [3.63, 3.8) is 0 Å². The third kappa shape index (κ3) is 6.17. The maximum absolute atomic E-state index is 13.9. The van der Waals surface area contributed by atoms with Crippen molar-refractivity contribution in [1.82, 2.24) is 14.5 Å². The third-order valence-corrected chi connectivity index (χ3v) is 8.18. The lowest BCUT2D eigenvalue weighted by Crippen LogP contribution is -2.36. The van der Waals surface area contributed by atoms with E-state index in [1.165, 1.54) is 6.42 Å². The lowest BCUT2D eigenvalue weighted by molar-refractivity contribution is -0.602. The van der Waals surface area contributed by atoms with Crippen LogP contribution in [0.4, 0.5) is 0 Å². The number of H-pyrrole nitrogens is 2. The fourth-order valence-electron chi connectivity index (χ4n) is 5.89. The molecule has 2 heterocycles. The first kappa shape index (κ1) is 27.8. The molecule has 0 radical (unpaired) electrons. The van der Waals surface area contributed by atoms with Gasteiger partial charge in [0.15, 0.2) is 0 Å². The molecule has 1 atom stereocenters. The van der Waals surface area contributed by atoms with E-state index in [4.69, 9.17) is 9.51 Å². The highest BCUT2D eigenvalue weighted by atomic mass is 16.5. The summed E-state index contributed by atoms with van der Waals surface area (Å²) in [7, 11) is 0. The average molecular weight is 544 g/mol. The van der Waals surface area contributed by atoms with E-state index in [9.17, 15) is 14.7 Å². The molecule has 1 unspecified atom stereocenters. The number of aryl methyl sites for hydroxylation is 2. The molecule has 1 aliphatic carbocycles. The van der Waals surface area contributed by atoms with Gasteiger partial charge in [-0.05, 0) is 61.3 Å². The minimum Gasteiger partial charge on any atom is -0.391 e. The highest BCUT2D eigenvalue weighted by Crippen LogP contribution is 2.30. The SMILES string of the molecule is CCCCc1nc(C)n(CC(O)C2CCCCC2)c(=O)c1Cc1ccc(-c2ccccc2-c2[nH]c(=O)o[nH+]2)cc1. The molecule has 3 N–H and O–H groups in total. The Morgan fingerprint density at radius 3 is 2.48 bits per heavy atom. The number of nitrogens with one attached hydrogen (secondary N) is 2. The molecule has 210 valence electrons. The summed E-state index contributed by atoms with van der Waals surface area (Å²) in [4.78, 5) is 33.0. The fraction of sp³-hybridized carbons (Fsp3) is 0.438. The number of hydrogen-bond acceptors (Lipinski definition) is 5. The fourth-order valence-corrected chi connectivity index (χ4v) is 5.89. The second kappa shape index (κ2) is 12.6. The van der Waals surface area contributed by atoms with Gasteiger partial charge >= 0.3 is 11.6 Å². The van der Waals surface area contributed by atoms with Crippen LogP contribution in [0.5, 0.6) is 0 Å². The molecule has 0 bridgehead atoms. The van der Waals surface area contributed by atoms with E-state index in [1.54, 1.807) is 4.57 Å². The highest BCUT2D eigenvalue weighted by Gasteiger charge is 2.24. The van der Waals surface area contributed by atoms with Gasteiger partial charge in [-0.1, -0.05) is 80.2 Å². The molecule has 4 aromatic rings. The summed E-state index contributed by atoms with van der Waals surface area (Å²) in [6, 6.07) is 15.9. The Hall–Kier alpha value is -3.78. The first-order valence-corrected chi connectivity index (χ1v) is 14.5.